The number of rotatable bonds is 4. The topological polar surface area (TPSA) is 58.2 Å². The van der Waals surface area contributed by atoms with Gasteiger partial charge >= 0.3 is 0 Å². The van der Waals surface area contributed by atoms with Crippen molar-refractivity contribution in [3.8, 4) is 0 Å². The van der Waals surface area contributed by atoms with Gasteiger partial charge in [0.05, 0.1) is 5.41 Å². The van der Waals surface area contributed by atoms with Crippen LogP contribution < -0.4 is 10.6 Å². The molecular weight excluding hydrogens is 380 g/mol. The first kappa shape index (κ1) is 17.1. The minimum absolute atomic E-state index is 0.0772. The molecule has 0 spiro atoms. The zero-order valence-corrected chi connectivity index (χ0v) is 16.2. The van der Waals surface area contributed by atoms with Crippen LogP contribution in [0.4, 0.5) is 5.69 Å². The molecular formula is C20H25BrN2O2. The second kappa shape index (κ2) is 6.11. The number of anilines is 1. The molecule has 0 saturated heterocycles. The average molecular weight is 405 g/mol. The third kappa shape index (κ3) is 3.35. The van der Waals surface area contributed by atoms with Crippen LogP contribution in [0.3, 0.4) is 0 Å². The fraction of sp³-hybridized carbons (Fsp3) is 0.600. The summed E-state index contributed by atoms with van der Waals surface area (Å²) < 4.78 is 0.203. The largest absolute Gasteiger partial charge is 0.352 e. The second-order valence-electron chi connectivity index (χ2n) is 8.45. The molecule has 0 radical (unpaired) electrons. The van der Waals surface area contributed by atoms with Crippen LogP contribution in [0, 0.1) is 17.3 Å². The molecule has 4 fully saturated rings. The molecule has 0 aromatic heterocycles. The van der Waals surface area contributed by atoms with Gasteiger partial charge in [-0.15, -0.1) is 0 Å². The lowest BCUT2D eigenvalue weighted by Crippen LogP contribution is -2.58. The van der Waals surface area contributed by atoms with Crippen molar-refractivity contribution in [3.63, 3.8) is 0 Å². The summed E-state index contributed by atoms with van der Waals surface area (Å²) in [6.45, 7) is 2.04. The van der Waals surface area contributed by atoms with Gasteiger partial charge in [-0.2, -0.15) is 0 Å². The summed E-state index contributed by atoms with van der Waals surface area (Å²) >= 11 is 3.97. The van der Waals surface area contributed by atoms with E-state index in [0.717, 1.165) is 30.5 Å². The Morgan fingerprint density at radius 3 is 2.32 bits per heavy atom. The zero-order chi connectivity index (χ0) is 17.7. The molecule has 0 unspecified atom stereocenters. The summed E-state index contributed by atoms with van der Waals surface area (Å²) in [6.07, 6.45) is 6.90. The highest BCUT2D eigenvalue weighted by atomic mass is 79.9. The number of hydrogen-bond donors (Lipinski definition) is 2. The van der Waals surface area contributed by atoms with Gasteiger partial charge in [-0.05, 0) is 68.1 Å². The maximum Gasteiger partial charge on any atom is 0.226 e. The van der Waals surface area contributed by atoms with Crippen molar-refractivity contribution in [1.29, 1.82) is 0 Å². The van der Waals surface area contributed by atoms with Gasteiger partial charge in [0.15, 0.2) is 0 Å². The predicted molar refractivity (Wildman–Crippen MR) is 101 cm³/mol. The van der Waals surface area contributed by atoms with Crippen LogP contribution in [0.5, 0.6) is 0 Å². The lowest BCUT2D eigenvalue weighted by atomic mass is 9.49. The van der Waals surface area contributed by atoms with E-state index < -0.39 is 0 Å². The Kier molecular flexibility index (Phi) is 4.18. The van der Waals surface area contributed by atoms with Crippen molar-refractivity contribution < 1.29 is 9.59 Å². The number of alkyl halides is 1. The van der Waals surface area contributed by atoms with Crippen LogP contribution in [0.2, 0.25) is 0 Å². The summed E-state index contributed by atoms with van der Waals surface area (Å²) in [6, 6.07) is 7.66. The van der Waals surface area contributed by atoms with Crippen LogP contribution in [0.25, 0.3) is 0 Å². The molecule has 4 bridgehead atoms. The normalized spacial score (nSPS) is 35.4. The Morgan fingerprint density at radius 1 is 1.12 bits per heavy atom. The van der Waals surface area contributed by atoms with Crippen LogP contribution in [0.15, 0.2) is 24.3 Å². The molecule has 25 heavy (non-hydrogen) atoms. The van der Waals surface area contributed by atoms with Crippen molar-refractivity contribution in [2.75, 3.05) is 5.32 Å². The van der Waals surface area contributed by atoms with Crippen LogP contribution in [-0.4, -0.2) is 16.1 Å². The van der Waals surface area contributed by atoms with Gasteiger partial charge in [-0.25, -0.2) is 0 Å². The van der Waals surface area contributed by atoms with Crippen molar-refractivity contribution >= 4 is 33.4 Å². The maximum absolute atomic E-state index is 13.0. The Balaban J connectivity index is 1.40. The van der Waals surface area contributed by atoms with E-state index in [0.29, 0.717) is 18.4 Å². The molecule has 5 rings (SSSR count). The first-order chi connectivity index (χ1) is 11.9. The first-order valence-corrected chi connectivity index (χ1v) is 9.99. The fourth-order valence-electron chi connectivity index (χ4n) is 5.70. The van der Waals surface area contributed by atoms with Gasteiger partial charge in [-0.3, -0.25) is 9.59 Å². The Morgan fingerprint density at radius 2 is 1.76 bits per heavy atom. The van der Waals surface area contributed by atoms with Crippen LogP contribution >= 0.6 is 15.9 Å². The highest BCUT2D eigenvalue weighted by molar-refractivity contribution is 9.10. The summed E-state index contributed by atoms with van der Waals surface area (Å²) in [5, 5.41) is 5.94. The molecule has 0 aliphatic heterocycles. The fourth-order valence-corrected chi connectivity index (χ4v) is 7.15. The molecule has 2 atom stereocenters. The highest BCUT2D eigenvalue weighted by Gasteiger charge is 2.59. The Labute approximate surface area is 157 Å². The van der Waals surface area contributed by atoms with Gasteiger partial charge in [-0.1, -0.05) is 28.1 Å². The smallest absolute Gasteiger partial charge is 0.226 e. The standard InChI is InChI=1S/C20H25BrN2O2/c1-13(24)23-17-4-2-14(3-5-17)11-22-18(25)19-7-15-6-16(8-19)10-20(21,9-15)12-19/h2-5,15-16H,6-12H2,1H3,(H,22,25)(H,23,24)/t15-,16-,19?,20?/m1/s1. The monoisotopic (exact) mass is 404 g/mol. The van der Waals surface area contributed by atoms with Gasteiger partial charge in [0.2, 0.25) is 11.8 Å². The first-order valence-electron chi connectivity index (χ1n) is 9.20. The molecule has 1 aromatic rings. The quantitative estimate of drug-likeness (QED) is 0.745. The lowest BCUT2D eigenvalue weighted by Gasteiger charge is -2.59. The predicted octanol–water partition coefficient (Wildman–Crippen LogP) is 4.00. The summed E-state index contributed by atoms with van der Waals surface area (Å²) in [7, 11) is 0. The Hall–Kier alpha value is -1.36. The van der Waals surface area contributed by atoms with Gasteiger partial charge in [0, 0.05) is 23.5 Å². The number of benzene rings is 1. The molecule has 4 aliphatic carbocycles. The summed E-state index contributed by atoms with van der Waals surface area (Å²) in [5.41, 5.74) is 1.68. The van der Waals surface area contributed by atoms with E-state index in [1.54, 1.807) is 0 Å². The van der Waals surface area contributed by atoms with Gasteiger partial charge in [0.1, 0.15) is 0 Å². The molecule has 4 aliphatic rings. The molecule has 5 heteroatoms. The van der Waals surface area contributed by atoms with E-state index in [1.165, 1.54) is 26.2 Å². The van der Waals surface area contributed by atoms with Gasteiger partial charge in [0.25, 0.3) is 0 Å². The molecule has 1 aromatic carbocycles. The number of halogens is 1. The van der Waals surface area contributed by atoms with E-state index in [2.05, 4.69) is 26.6 Å². The molecule has 134 valence electrons. The summed E-state index contributed by atoms with van der Waals surface area (Å²) in [4.78, 5) is 24.1. The van der Waals surface area contributed by atoms with Gasteiger partial charge < -0.3 is 10.6 Å². The average Bonchev–Trinajstić information content (AvgIpc) is 2.51. The van der Waals surface area contributed by atoms with E-state index in [9.17, 15) is 9.59 Å². The van der Waals surface area contributed by atoms with E-state index in [-0.39, 0.29) is 21.6 Å². The number of amides is 2. The lowest BCUT2D eigenvalue weighted by molar-refractivity contribution is -0.144. The number of hydrogen-bond acceptors (Lipinski definition) is 2. The zero-order valence-electron chi connectivity index (χ0n) is 14.6. The second-order valence-corrected chi connectivity index (χ2v) is 10.1. The highest BCUT2D eigenvalue weighted by Crippen LogP contribution is 2.64. The maximum atomic E-state index is 13.0. The number of carbonyl (C=O) groups is 2. The third-order valence-corrected chi connectivity index (χ3v) is 7.13. The minimum Gasteiger partial charge on any atom is -0.352 e. The van der Waals surface area contributed by atoms with E-state index in [4.69, 9.17) is 0 Å². The molecule has 2 N–H and O–H groups in total. The molecule has 4 saturated carbocycles. The van der Waals surface area contributed by atoms with Crippen molar-refractivity contribution in [2.45, 2.75) is 56.3 Å². The van der Waals surface area contributed by atoms with Crippen LogP contribution in [-0.2, 0) is 16.1 Å². The minimum atomic E-state index is -0.163. The number of carbonyl (C=O) groups excluding carboxylic acids is 2. The van der Waals surface area contributed by atoms with Crippen molar-refractivity contribution in [2.24, 2.45) is 17.3 Å². The van der Waals surface area contributed by atoms with Crippen molar-refractivity contribution in [3.05, 3.63) is 29.8 Å². The Bertz CT molecular complexity index is 686. The number of nitrogens with one attached hydrogen (secondary N) is 2. The van der Waals surface area contributed by atoms with E-state index in [1.807, 2.05) is 24.3 Å². The molecule has 4 nitrogen and oxygen atoms in total. The van der Waals surface area contributed by atoms with Crippen molar-refractivity contribution in [1.82, 2.24) is 5.32 Å². The molecule has 0 heterocycles. The molecule has 2 amide bonds. The SMILES string of the molecule is CC(=O)Nc1ccc(CNC(=O)C23C[C@H]4C[C@@H](CC(Br)(C4)C2)C3)cc1. The van der Waals surface area contributed by atoms with Crippen LogP contribution in [0.1, 0.15) is 51.0 Å². The summed E-state index contributed by atoms with van der Waals surface area (Å²) in [5.74, 6) is 1.58. The third-order valence-electron chi connectivity index (χ3n) is 6.20. The van der Waals surface area contributed by atoms with E-state index >= 15 is 0 Å².